The van der Waals surface area contributed by atoms with Crippen LogP contribution in [0.4, 0.5) is 0 Å². The average molecular weight is 296 g/mol. The maximum Gasteiger partial charge on any atom is 0.244 e. The smallest absolute Gasteiger partial charge is 0.244 e. The van der Waals surface area contributed by atoms with Crippen LogP contribution in [0.25, 0.3) is 0 Å². The largest absolute Gasteiger partial charge is 0.396 e. The van der Waals surface area contributed by atoms with Crippen LogP contribution in [0.1, 0.15) is 18.9 Å². The van der Waals surface area contributed by atoms with E-state index in [4.69, 9.17) is 10.8 Å². The maximum atomic E-state index is 12.6. The highest BCUT2D eigenvalue weighted by Crippen LogP contribution is 2.19. The van der Waals surface area contributed by atoms with Gasteiger partial charge in [0, 0.05) is 25.3 Å². The van der Waals surface area contributed by atoms with E-state index in [0.717, 1.165) is 0 Å². The van der Waals surface area contributed by atoms with E-state index in [2.05, 4.69) is 11.8 Å². The van der Waals surface area contributed by atoms with Gasteiger partial charge in [-0.3, -0.25) is 0 Å². The molecule has 1 aromatic carbocycles. The van der Waals surface area contributed by atoms with Crippen molar-refractivity contribution < 1.29 is 13.5 Å². The summed E-state index contributed by atoms with van der Waals surface area (Å²) in [5.41, 5.74) is 5.77. The lowest BCUT2D eigenvalue weighted by Gasteiger charge is -2.20. The third-order valence-electron chi connectivity index (χ3n) is 2.75. The normalized spacial score (nSPS) is 11.2. The summed E-state index contributed by atoms with van der Waals surface area (Å²) in [4.78, 5) is 0.181. The van der Waals surface area contributed by atoms with Gasteiger partial charge in [-0.2, -0.15) is 4.31 Å². The van der Waals surface area contributed by atoms with E-state index in [-0.39, 0.29) is 24.6 Å². The lowest BCUT2D eigenvalue weighted by Crippen LogP contribution is -2.32. The van der Waals surface area contributed by atoms with Gasteiger partial charge in [0.05, 0.1) is 11.4 Å². The summed E-state index contributed by atoms with van der Waals surface area (Å²) in [6.07, 6.45) is 0.406. The molecule has 0 saturated carbocycles. The summed E-state index contributed by atoms with van der Waals surface area (Å²) in [6, 6.07) is 6.61. The lowest BCUT2D eigenvalue weighted by molar-refractivity contribution is 0.271. The summed E-state index contributed by atoms with van der Waals surface area (Å²) >= 11 is 0. The molecule has 0 amide bonds. The van der Waals surface area contributed by atoms with Crippen molar-refractivity contribution in [2.24, 2.45) is 5.73 Å². The van der Waals surface area contributed by atoms with Gasteiger partial charge in [0.1, 0.15) is 0 Å². The highest BCUT2D eigenvalue weighted by molar-refractivity contribution is 7.89. The Labute approximate surface area is 120 Å². The van der Waals surface area contributed by atoms with Crippen LogP contribution in [0, 0.1) is 11.8 Å². The fraction of sp³-hybridized carbons (Fsp3) is 0.429. The fourth-order valence-corrected chi connectivity index (χ4v) is 3.41. The van der Waals surface area contributed by atoms with Crippen LogP contribution in [0.3, 0.4) is 0 Å². The Balaban J connectivity index is 3.20. The van der Waals surface area contributed by atoms with E-state index < -0.39 is 10.0 Å². The van der Waals surface area contributed by atoms with Crippen LogP contribution in [0.2, 0.25) is 0 Å². The van der Waals surface area contributed by atoms with Gasteiger partial charge in [-0.15, -0.1) is 0 Å². The Morgan fingerprint density at radius 2 is 2.05 bits per heavy atom. The summed E-state index contributed by atoms with van der Waals surface area (Å²) in [5, 5.41) is 8.86. The van der Waals surface area contributed by atoms with E-state index in [1.807, 2.05) is 0 Å². The number of sulfonamides is 1. The van der Waals surface area contributed by atoms with Gasteiger partial charge in [-0.25, -0.2) is 8.42 Å². The van der Waals surface area contributed by atoms with Gasteiger partial charge < -0.3 is 10.8 Å². The predicted molar refractivity (Wildman–Crippen MR) is 78.5 cm³/mol. The molecule has 0 unspecified atom stereocenters. The van der Waals surface area contributed by atoms with E-state index >= 15 is 0 Å². The Morgan fingerprint density at radius 1 is 1.35 bits per heavy atom. The third-order valence-corrected chi connectivity index (χ3v) is 4.78. The molecule has 0 fully saturated rings. The minimum absolute atomic E-state index is 0.0410. The van der Waals surface area contributed by atoms with Crippen molar-refractivity contribution in [1.29, 1.82) is 0 Å². The summed E-state index contributed by atoms with van der Waals surface area (Å²) in [5.74, 6) is 5.46. The molecule has 0 spiro atoms. The molecule has 20 heavy (non-hydrogen) atoms. The maximum absolute atomic E-state index is 12.6. The topological polar surface area (TPSA) is 83.6 Å². The van der Waals surface area contributed by atoms with E-state index in [1.165, 1.54) is 10.4 Å². The fourth-order valence-electron chi connectivity index (χ4n) is 1.78. The molecule has 0 bridgehead atoms. The van der Waals surface area contributed by atoms with Crippen molar-refractivity contribution in [3.63, 3.8) is 0 Å². The first-order chi connectivity index (χ1) is 9.57. The first-order valence-electron chi connectivity index (χ1n) is 6.46. The average Bonchev–Trinajstić information content (AvgIpc) is 2.46. The van der Waals surface area contributed by atoms with Crippen LogP contribution < -0.4 is 5.73 Å². The monoisotopic (exact) mass is 296 g/mol. The quantitative estimate of drug-likeness (QED) is 0.744. The highest BCUT2D eigenvalue weighted by atomic mass is 32.2. The molecule has 0 aromatic heterocycles. The molecule has 0 atom stereocenters. The van der Waals surface area contributed by atoms with E-state index in [0.29, 0.717) is 18.5 Å². The molecule has 0 aliphatic rings. The molecule has 1 rings (SSSR count). The van der Waals surface area contributed by atoms with Gasteiger partial charge >= 0.3 is 0 Å². The SMILES string of the molecule is CCN(CCCO)S(=O)(=O)c1ccccc1C#CCN. The third kappa shape index (κ3) is 4.05. The van der Waals surface area contributed by atoms with Crippen LogP contribution in [-0.4, -0.2) is 44.1 Å². The van der Waals surface area contributed by atoms with E-state index in [9.17, 15) is 8.42 Å². The van der Waals surface area contributed by atoms with Crippen LogP contribution in [0.5, 0.6) is 0 Å². The number of rotatable bonds is 6. The van der Waals surface area contributed by atoms with Crippen molar-refractivity contribution in [3.05, 3.63) is 29.8 Å². The first kappa shape index (κ1) is 16.7. The van der Waals surface area contributed by atoms with Gasteiger partial charge in [-0.05, 0) is 18.6 Å². The predicted octanol–water partition coefficient (Wildman–Crippen LogP) is 0.390. The first-order valence-corrected chi connectivity index (χ1v) is 7.91. The molecule has 3 N–H and O–H groups in total. The molecule has 1 aromatic rings. The molecular weight excluding hydrogens is 276 g/mol. The van der Waals surface area contributed by atoms with Crippen molar-refractivity contribution >= 4 is 10.0 Å². The molecule has 0 radical (unpaired) electrons. The second kappa shape index (κ2) is 8.02. The summed E-state index contributed by atoms with van der Waals surface area (Å²) in [7, 11) is -3.61. The minimum atomic E-state index is -3.61. The summed E-state index contributed by atoms with van der Waals surface area (Å²) in [6.45, 7) is 2.54. The van der Waals surface area contributed by atoms with Gasteiger partial charge in [0.2, 0.25) is 10.0 Å². The molecule has 0 aliphatic heterocycles. The van der Waals surface area contributed by atoms with Crippen molar-refractivity contribution in [1.82, 2.24) is 4.31 Å². The lowest BCUT2D eigenvalue weighted by atomic mass is 10.2. The van der Waals surface area contributed by atoms with E-state index in [1.54, 1.807) is 25.1 Å². The molecule has 5 nitrogen and oxygen atoms in total. The number of hydrogen-bond acceptors (Lipinski definition) is 4. The number of benzene rings is 1. The second-order valence-corrected chi connectivity index (χ2v) is 5.98. The molecular formula is C14H20N2O3S. The summed E-state index contributed by atoms with van der Waals surface area (Å²) < 4.78 is 26.5. The number of nitrogens with two attached hydrogens (primary N) is 1. The zero-order valence-electron chi connectivity index (χ0n) is 11.5. The number of aliphatic hydroxyl groups excluding tert-OH is 1. The van der Waals surface area contributed by atoms with Crippen molar-refractivity contribution in [2.45, 2.75) is 18.2 Å². The highest BCUT2D eigenvalue weighted by Gasteiger charge is 2.24. The minimum Gasteiger partial charge on any atom is -0.396 e. The molecule has 0 saturated heterocycles. The van der Waals surface area contributed by atoms with Crippen molar-refractivity contribution in [2.75, 3.05) is 26.2 Å². The molecule has 0 aliphatic carbocycles. The zero-order valence-corrected chi connectivity index (χ0v) is 12.4. The second-order valence-electron chi connectivity index (χ2n) is 4.08. The Hall–Kier alpha value is -1.39. The number of aliphatic hydroxyl groups is 1. The Morgan fingerprint density at radius 3 is 2.65 bits per heavy atom. The van der Waals surface area contributed by atoms with Gasteiger partial charge in [0.25, 0.3) is 0 Å². The number of nitrogens with zero attached hydrogens (tertiary/aromatic N) is 1. The van der Waals surface area contributed by atoms with Crippen LogP contribution >= 0.6 is 0 Å². The van der Waals surface area contributed by atoms with Crippen LogP contribution in [-0.2, 0) is 10.0 Å². The number of hydrogen-bond donors (Lipinski definition) is 2. The van der Waals surface area contributed by atoms with Crippen LogP contribution in [0.15, 0.2) is 29.2 Å². The molecule has 110 valence electrons. The molecule has 0 heterocycles. The Kier molecular flexibility index (Phi) is 6.68. The van der Waals surface area contributed by atoms with Crippen molar-refractivity contribution in [3.8, 4) is 11.8 Å². The standard InChI is InChI=1S/C14H20N2O3S/c1-2-16(11-6-12-17)20(18,19)14-9-4-3-7-13(14)8-5-10-15/h3-4,7,9,17H,2,6,10-12,15H2,1H3. The van der Waals surface area contributed by atoms with Gasteiger partial charge in [-0.1, -0.05) is 30.9 Å². The Bertz CT molecular complexity index is 588. The zero-order chi connectivity index (χ0) is 15.0. The molecule has 6 heteroatoms. The van der Waals surface area contributed by atoms with Gasteiger partial charge in [0.15, 0.2) is 0 Å².